The van der Waals surface area contributed by atoms with Gasteiger partial charge in [0, 0.05) is 18.4 Å². The normalized spacial score (nSPS) is 33.4. The SMILES string of the molecule is CCOC(O)C1CC1C=O. The topological polar surface area (TPSA) is 46.5 Å². The summed E-state index contributed by atoms with van der Waals surface area (Å²) in [5.74, 6) is 0.110. The van der Waals surface area contributed by atoms with Gasteiger partial charge in [-0.25, -0.2) is 0 Å². The fraction of sp³-hybridized carbons (Fsp3) is 0.857. The van der Waals surface area contributed by atoms with E-state index in [0.29, 0.717) is 6.61 Å². The van der Waals surface area contributed by atoms with Crippen LogP contribution in [0.25, 0.3) is 0 Å². The van der Waals surface area contributed by atoms with Gasteiger partial charge in [-0.3, -0.25) is 0 Å². The Morgan fingerprint density at radius 2 is 2.60 bits per heavy atom. The van der Waals surface area contributed by atoms with Crippen molar-refractivity contribution in [3.8, 4) is 0 Å². The van der Waals surface area contributed by atoms with Gasteiger partial charge < -0.3 is 14.6 Å². The Morgan fingerprint density at radius 3 is 3.00 bits per heavy atom. The Hall–Kier alpha value is -0.410. The molecule has 0 aliphatic heterocycles. The van der Waals surface area contributed by atoms with Gasteiger partial charge in [-0.2, -0.15) is 0 Å². The van der Waals surface area contributed by atoms with Crippen LogP contribution in [0.4, 0.5) is 0 Å². The quantitative estimate of drug-likeness (QED) is 0.452. The minimum atomic E-state index is -0.722. The number of carbonyl (C=O) groups excluding carboxylic acids is 1. The Morgan fingerprint density at radius 1 is 1.90 bits per heavy atom. The Balaban J connectivity index is 2.18. The van der Waals surface area contributed by atoms with E-state index in [1.165, 1.54) is 0 Å². The molecule has 1 N–H and O–H groups in total. The fourth-order valence-electron chi connectivity index (χ4n) is 1.01. The summed E-state index contributed by atoms with van der Waals surface area (Å²) in [7, 11) is 0. The first kappa shape index (κ1) is 7.69. The predicted octanol–water partition coefficient (Wildman–Crippen LogP) is 0.176. The highest BCUT2D eigenvalue weighted by Crippen LogP contribution is 2.39. The largest absolute Gasteiger partial charge is 0.368 e. The third kappa shape index (κ3) is 1.55. The zero-order chi connectivity index (χ0) is 7.56. The second-order valence-electron chi connectivity index (χ2n) is 2.55. The van der Waals surface area contributed by atoms with Crippen LogP contribution in [0.5, 0.6) is 0 Å². The molecule has 0 saturated heterocycles. The summed E-state index contributed by atoms with van der Waals surface area (Å²) in [6.07, 6.45) is 0.942. The number of ether oxygens (including phenoxy) is 1. The molecule has 0 bridgehead atoms. The first-order valence-corrected chi connectivity index (χ1v) is 3.54. The summed E-state index contributed by atoms with van der Waals surface area (Å²) in [4.78, 5) is 10.1. The minimum Gasteiger partial charge on any atom is -0.368 e. The van der Waals surface area contributed by atoms with E-state index in [9.17, 15) is 4.79 Å². The standard InChI is InChI=1S/C7H12O3/c1-2-10-7(9)6-3-5(6)4-8/h4-7,9H,2-3H2,1H3. The molecular formula is C7H12O3. The van der Waals surface area contributed by atoms with Crippen LogP contribution in [0, 0.1) is 11.8 Å². The lowest BCUT2D eigenvalue weighted by molar-refractivity contribution is -0.120. The number of hydrogen-bond acceptors (Lipinski definition) is 3. The van der Waals surface area contributed by atoms with Gasteiger partial charge in [0.25, 0.3) is 0 Å². The fourth-order valence-corrected chi connectivity index (χ4v) is 1.01. The predicted molar refractivity (Wildman–Crippen MR) is 35.3 cm³/mol. The molecule has 0 aromatic rings. The average Bonchev–Trinajstić information content (AvgIpc) is 2.66. The summed E-state index contributed by atoms with van der Waals surface area (Å²) in [5, 5.41) is 9.11. The second kappa shape index (κ2) is 3.12. The molecule has 1 fully saturated rings. The highest BCUT2D eigenvalue weighted by Gasteiger charge is 2.42. The van der Waals surface area contributed by atoms with E-state index in [-0.39, 0.29) is 11.8 Å². The van der Waals surface area contributed by atoms with E-state index in [1.54, 1.807) is 0 Å². The van der Waals surface area contributed by atoms with Crippen molar-refractivity contribution in [3.05, 3.63) is 0 Å². The third-order valence-electron chi connectivity index (χ3n) is 1.77. The van der Waals surface area contributed by atoms with Crippen LogP contribution < -0.4 is 0 Å². The van der Waals surface area contributed by atoms with Crippen molar-refractivity contribution in [3.63, 3.8) is 0 Å². The van der Waals surface area contributed by atoms with Gasteiger partial charge in [0.2, 0.25) is 0 Å². The van der Waals surface area contributed by atoms with Crippen LogP contribution in [0.15, 0.2) is 0 Å². The molecule has 0 heterocycles. The average molecular weight is 144 g/mol. The van der Waals surface area contributed by atoms with Crippen LogP contribution in [0.3, 0.4) is 0 Å². The molecule has 0 radical (unpaired) electrons. The van der Waals surface area contributed by atoms with Crippen molar-refractivity contribution < 1.29 is 14.6 Å². The van der Waals surface area contributed by atoms with Gasteiger partial charge in [0.1, 0.15) is 6.29 Å². The summed E-state index contributed by atoms with van der Waals surface area (Å²) < 4.78 is 4.89. The van der Waals surface area contributed by atoms with Crippen LogP contribution in [-0.2, 0) is 9.53 Å². The highest BCUT2D eigenvalue weighted by atomic mass is 16.6. The number of hydrogen-bond donors (Lipinski definition) is 1. The highest BCUT2D eigenvalue weighted by molar-refractivity contribution is 5.58. The number of rotatable bonds is 4. The molecule has 0 spiro atoms. The minimum absolute atomic E-state index is 0.0431. The number of aliphatic hydroxyl groups is 1. The Kier molecular flexibility index (Phi) is 2.40. The molecule has 0 aromatic heterocycles. The van der Waals surface area contributed by atoms with Crippen LogP contribution in [0.1, 0.15) is 13.3 Å². The molecule has 3 heteroatoms. The lowest BCUT2D eigenvalue weighted by atomic mass is 10.3. The molecule has 3 nitrogen and oxygen atoms in total. The maximum Gasteiger partial charge on any atom is 0.158 e. The van der Waals surface area contributed by atoms with Gasteiger partial charge in [0.15, 0.2) is 6.29 Å². The molecule has 3 unspecified atom stereocenters. The molecule has 0 amide bonds. The second-order valence-corrected chi connectivity index (χ2v) is 2.55. The molecule has 58 valence electrons. The van der Waals surface area contributed by atoms with Gasteiger partial charge in [0.05, 0.1) is 0 Å². The molecule has 10 heavy (non-hydrogen) atoms. The van der Waals surface area contributed by atoms with Gasteiger partial charge in [-0.1, -0.05) is 0 Å². The lowest BCUT2D eigenvalue weighted by Gasteiger charge is -2.07. The third-order valence-corrected chi connectivity index (χ3v) is 1.77. The van der Waals surface area contributed by atoms with Crippen LogP contribution in [0.2, 0.25) is 0 Å². The van der Waals surface area contributed by atoms with Crippen molar-refractivity contribution in [2.24, 2.45) is 11.8 Å². The molecular weight excluding hydrogens is 132 g/mol. The van der Waals surface area contributed by atoms with Gasteiger partial charge in [-0.15, -0.1) is 0 Å². The van der Waals surface area contributed by atoms with Crippen molar-refractivity contribution >= 4 is 6.29 Å². The monoisotopic (exact) mass is 144 g/mol. The lowest BCUT2D eigenvalue weighted by Crippen LogP contribution is -2.15. The van der Waals surface area contributed by atoms with E-state index in [2.05, 4.69) is 0 Å². The molecule has 1 saturated carbocycles. The molecule has 1 aliphatic rings. The van der Waals surface area contributed by atoms with Crippen molar-refractivity contribution in [1.82, 2.24) is 0 Å². The van der Waals surface area contributed by atoms with E-state index in [1.807, 2.05) is 6.92 Å². The van der Waals surface area contributed by atoms with Crippen molar-refractivity contribution in [2.45, 2.75) is 19.6 Å². The summed E-state index contributed by atoms with van der Waals surface area (Å²) in [6, 6.07) is 0. The van der Waals surface area contributed by atoms with Gasteiger partial charge in [-0.05, 0) is 13.3 Å². The first-order chi connectivity index (χ1) is 4.79. The van der Waals surface area contributed by atoms with E-state index in [4.69, 9.17) is 9.84 Å². The summed E-state index contributed by atoms with van der Waals surface area (Å²) >= 11 is 0. The van der Waals surface area contributed by atoms with Crippen molar-refractivity contribution in [2.75, 3.05) is 6.61 Å². The number of carbonyl (C=O) groups is 1. The number of aldehydes is 1. The first-order valence-electron chi connectivity index (χ1n) is 3.54. The maximum atomic E-state index is 10.1. The Labute approximate surface area is 60.0 Å². The molecule has 1 aliphatic carbocycles. The zero-order valence-corrected chi connectivity index (χ0v) is 5.99. The van der Waals surface area contributed by atoms with Crippen LogP contribution in [-0.4, -0.2) is 24.3 Å². The zero-order valence-electron chi connectivity index (χ0n) is 5.99. The smallest absolute Gasteiger partial charge is 0.158 e. The van der Waals surface area contributed by atoms with Crippen LogP contribution >= 0.6 is 0 Å². The number of aliphatic hydroxyl groups excluding tert-OH is 1. The maximum absolute atomic E-state index is 10.1. The van der Waals surface area contributed by atoms with Gasteiger partial charge >= 0.3 is 0 Å². The summed E-state index contributed by atoms with van der Waals surface area (Å²) in [6.45, 7) is 2.32. The van der Waals surface area contributed by atoms with E-state index >= 15 is 0 Å². The molecule has 1 rings (SSSR count). The molecule has 0 aromatic carbocycles. The van der Waals surface area contributed by atoms with Crippen molar-refractivity contribution in [1.29, 1.82) is 0 Å². The Bertz CT molecular complexity index is 124. The summed E-state index contributed by atoms with van der Waals surface area (Å²) in [5.41, 5.74) is 0. The van der Waals surface area contributed by atoms with E-state index < -0.39 is 6.29 Å². The van der Waals surface area contributed by atoms with E-state index in [0.717, 1.165) is 12.7 Å². The molecule has 3 atom stereocenters.